The molecule has 3 aromatic rings. The minimum absolute atomic E-state index is 0.0150. The molecule has 2 aromatic heterocycles. The van der Waals surface area contributed by atoms with Crippen molar-refractivity contribution >= 4 is 23.2 Å². The van der Waals surface area contributed by atoms with Gasteiger partial charge in [-0.3, -0.25) is 4.79 Å². The normalized spacial score (nSPS) is 24.8. The van der Waals surface area contributed by atoms with Crippen LogP contribution in [0.1, 0.15) is 53.7 Å². The van der Waals surface area contributed by atoms with Gasteiger partial charge in [0.05, 0.1) is 35.6 Å². The molecule has 0 spiro atoms. The minimum atomic E-state index is -0.405. The third-order valence-electron chi connectivity index (χ3n) is 7.36. The lowest BCUT2D eigenvalue weighted by atomic mass is 9.83. The summed E-state index contributed by atoms with van der Waals surface area (Å²) in [5.74, 6) is -0.266. The summed E-state index contributed by atoms with van der Waals surface area (Å²) in [4.78, 5) is 22.0. The molecule has 2 fully saturated rings. The zero-order valence-corrected chi connectivity index (χ0v) is 19.1. The number of nitrogens with zero attached hydrogens (tertiary/aromatic N) is 5. The van der Waals surface area contributed by atoms with Crippen molar-refractivity contribution in [2.75, 3.05) is 7.05 Å². The third-order valence-corrected chi connectivity index (χ3v) is 7.56. The van der Waals surface area contributed by atoms with Crippen molar-refractivity contribution in [3.63, 3.8) is 0 Å². The monoisotopic (exact) mass is 469 g/mol. The third kappa shape index (κ3) is 3.65. The average Bonchev–Trinajstić information content (AvgIpc) is 3.32. The Labute approximate surface area is 196 Å². The summed E-state index contributed by atoms with van der Waals surface area (Å²) in [5, 5.41) is 5.03. The molecule has 172 valence electrons. The first-order valence-corrected chi connectivity index (χ1v) is 11.8. The summed E-state index contributed by atoms with van der Waals surface area (Å²) in [5.41, 5.74) is 2.79. The topological polar surface area (TPSA) is 63.0 Å². The molecule has 9 heteroatoms. The second-order valence-electron chi connectivity index (χ2n) is 9.38. The molecule has 5 heterocycles. The van der Waals surface area contributed by atoms with E-state index in [0.29, 0.717) is 47.2 Å². The maximum absolute atomic E-state index is 14.2. The molecule has 3 aliphatic heterocycles. The van der Waals surface area contributed by atoms with Crippen LogP contribution in [0.5, 0.6) is 5.75 Å². The van der Waals surface area contributed by atoms with Gasteiger partial charge in [-0.1, -0.05) is 18.0 Å². The Morgan fingerprint density at radius 2 is 2.00 bits per heavy atom. The van der Waals surface area contributed by atoms with Crippen LogP contribution >= 0.6 is 11.6 Å². The molecule has 33 heavy (non-hydrogen) atoms. The molecule has 2 bridgehead atoms. The van der Waals surface area contributed by atoms with Gasteiger partial charge < -0.3 is 14.5 Å². The molecule has 0 radical (unpaired) electrons. The second-order valence-corrected chi connectivity index (χ2v) is 9.82. The standard InChI is InChI=1S/C24H25ClFN5O2/c1-29-16-3-2-4-17(29)9-18(8-16)33-22-7-15(26)5-6-19(22)24(32)30-12-20-21(13-30)28-31-11-14(25)10-27-23(20)31/h5-7,10-11,16-18H,2-4,8-9,12-13H2,1H3/t16-,17+,18?. The fraction of sp³-hybridized carbons (Fsp3) is 0.458. The van der Waals surface area contributed by atoms with Gasteiger partial charge in [-0.25, -0.2) is 13.9 Å². The highest BCUT2D eigenvalue weighted by Crippen LogP contribution is 2.36. The van der Waals surface area contributed by atoms with Crippen molar-refractivity contribution in [2.45, 2.75) is 63.4 Å². The van der Waals surface area contributed by atoms with E-state index >= 15 is 0 Å². The number of piperidine rings is 2. The number of hydrogen-bond donors (Lipinski definition) is 0. The molecular formula is C24H25ClFN5O2. The molecule has 0 saturated carbocycles. The van der Waals surface area contributed by atoms with Crippen LogP contribution in [-0.2, 0) is 13.1 Å². The predicted octanol–water partition coefficient (Wildman–Crippen LogP) is 4.07. The number of benzene rings is 1. The molecular weight excluding hydrogens is 445 g/mol. The van der Waals surface area contributed by atoms with Crippen molar-refractivity contribution in [1.82, 2.24) is 24.4 Å². The van der Waals surface area contributed by atoms with Crippen LogP contribution in [0, 0.1) is 5.82 Å². The van der Waals surface area contributed by atoms with Crippen molar-refractivity contribution < 1.29 is 13.9 Å². The van der Waals surface area contributed by atoms with Crippen LogP contribution in [0.4, 0.5) is 4.39 Å². The predicted molar refractivity (Wildman–Crippen MR) is 121 cm³/mol. The summed E-state index contributed by atoms with van der Waals surface area (Å²) in [7, 11) is 2.19. The van der Waals surface area contributed by atoms with Crippen molar-refractivity contribution in [3.05, 3.63) is 58.3 Å². The summed E-state index contributed by atoms with van der Waals surface area (Å²) in [6.45, 7) is 0.756. The fourth-order valence-electron chi connectivity index (χ4n) is 5.65. The highest BCUT2D eigenvalue weighted by Gasteiger charge is 2.38. The Hall–Kier alpha value is -2.71. The molecule has 7 nitrogen and oxygen atoms in total. The zero-order chi connectivity index (χ0) is 22.7. The van der Waals surface area contributed by atoms with E-state index in [2.05, 4.69) is 22.0 Å². The van der Waals surface area contributed by atoms with Gasteiger partial charge in [-0.05, 0) is 44.9 Å². The van der Waals surface area contributed by atoms with E-state index in [9.17, 15) is 9.18 Å². The van der Waals surface area contributed by atoms with Crippen LogP contribution in [0.3, 0.4) is 0 Å². The minimum Gasteiger partial charge on any atom is -0.489 e. The first-order chi connectivity index (χ1) is 16.0. The zero-order valence-electron chi connectivity index (χ0n) is 18.4. The Morgan fingerprint density at radius 1 is 1.21 bits per heavy atom. The molecule has 1 unspecified atom stereocenters. The number of aromatic nitrogens is 3. The summed E-state index contributed by atoms with van der Waals surface area (Å²) in [6, 6.07) is 5.17. The average molecular weight is 470 g/mol. The van der Waals surface area contributed by atoms with Gasteiger partial charge in [-0.2, -0.15) is 5.10 Å². The molecule has 0 aliphatic carbocycles. The lowest BCUT2D eigenvalue weighted by Crippen LogP contribution is -2.52. The van der Waals surface area contributed by atoms with E-state index in [1.807, 2.05) is 0 Å². The maximum atomic E-state index is 14.2. The smallest absolute Gasteiger partial charge is 0.258 e. The number of carbonyl (C=O) groups excluding carboxylic acids is 1. The largest absolute Gasteiger partial charge is 0.489 e. The number of carbonyl (C=O) groups is 1. The lowest BCUT2D eigenvalue weighted by molar-refractivity contribution is -0.000328. The molecule has 1 amide bonds. The number of amides is 1. The van der Waals surface area contributed by atoms with Crippen LogP contribution in [0.25, 0.3) is 5.65 Å². The summed E-state index contributed by atoms with van der Waals surface area (Å²) < 4.78 is 22.1. The molecule has 3 aliphatic rings. The van der Waals surface area contributed by atoms with E-state index < -0.39 is 5.82 Å². The lowest BCUT2D eigenvalue weighted by Gasteiger charge is -2.46. The van der Waals surface area contributed by atoms with Gasteiger partial charge in [0.2, 0.25) is 0 Å². The quantitative estimate of drug-likeness (QED) is 0.578. The number of rotatable bonds is 3. The molecule has 1 aromatic carbocycles. The summed E-state index contributed by atoms with van der Waals surface area (Å²) in [6.07, 6.45) is 8.64. The van der Waals surface area contributed by atoms with E-state index in [1.54, 1.807) is 21.8 Å². The van der Waals surface area contributed by atoms with Crippen molar-refractivity contribution in [3.8, 4) is 5.75 Å². The maximum Gasteiger partial charge on any atom is 0.258 e. The van der Waals surface area contributed by atoms with Crippen LogP contribution in [-0.4, -0.2) is 55.5 Å². The van der Waals surface area contributed by atoms with Crippen LogP contribution in [0.2, 0.25) is 5.02 Å². The number of ether oxygens (including phenoxy) is 1. The van der Waals surface area contributed by atoms with Crippen molar-refractivity contribution in [1.29, 1.82) is 0 Å². The van der Waals surface area contributed by atoms with E-state index in [0.717, 1.165) is 36.9 Å². The van der Waals surface area contributed by atoms with Gasteiger partial charge in [-0.15, -0.1) is 0 Å². The highest BCUT2D eigenvalue weighted by atomic mass is 35.5. The first-order valence-electron chi connectivity index (χ1n) is 11.5. The van der Waals surface area contributed by atoms with E-state index in [1.165, 1.54) is 24.6 Å². The SMILES string of the molecule is CN1[C@@H]2CCC[C@H]1CC(Oc1cc(F)ccc1C(=O)N1Cc3nn4cc(Cl)cnc4c3C1)C2. The van der Waals surface area contributed by atoms with Crippen LogP contribution in [0.15, 0.2) is 30.6 Å². The Balaban J connectivity index is 1.24. The first kappa shape index (κ1) is 20.9. The number of fused-ring (bicyclic) bond motifs is 5. The second kappa shape index (κ2) is 7.95. The number of hydrogen-bond acceptors (Lipinski definition) is 5. The van der Waals surface area contributed by atoms with Crippen molar-refractivity contribution in [2.24, 2.45) is 0 Å². The highest BCUT2D eigenvalue weighted by molar-refractivity contribution is 6.30. The molecule has 2 saturated heterocycles. The summed E-state index contributed by atoms with van der Waals surface area (Å²) >= 11 is 6.01. The molecule has 6 rings (SSSR count). The van der Waals surface area contributed by atoms with E-state index in [-0.39, 0.29) is 12.0 Å². The van der Waals surface area contributed by atoms with Gasteiger partial charge in [0.15, 0.2) is 5.65 Å². The van der Waals surface area contributed by atoms with Crippen LogP contribution < -0.4 is 4.74 Å². The fourth-order valence-corrected chi connectivity index (χ4v) is 5.79. The molecule has 3 atom stereocenters. The van der Waals surface area contributed by atoms with Gasteiger partial charge >= 0.3 is 0 Å². The Morgan fingerprint density at radius 3 is 2.79 bits per heavy atom. The molecule has 0 N–H and O–H groups in total. The van der Waals surface area contributed by atoms with E-state index in [4.69, 9.17) is 16.3 Å². The van der Waals surface area contributed by atoms with Gasteiger partial charge in [0.25, 0.3) is 5.91 Å². The van der Waals surface area contributed by atoms with Gasteiger partial charge in [0, 0.05) is 29.9 Å². The Bertz CT molecular complexity index is 1230. The number of halogens is 2. The van der Waals surface area contributed by atoms with Gasteiger partial charge in [0.1, 0.15) is 17.7 Å². The Kier molecular flexibility index (Phi) is 5.03.